The van der Waals surface area contributed by atoms with Gasteiger partial charge in [0, 0.05) is 17.1 Å². The standard InChI is InChI=1S/C23H25ClN2O4/c1-25(2)13-4-14-26-20(15-5-9-17(24)10-6-15)19(22(28)23(26)29)21(27)16-7-11-18(30-3)12-8-16/h5-12,20,27H,4,13-14H2,1-3H3. The summed E-state index contributed by atoms with van der Waals surface area (Å²) in [6, 6.07) is 13.0. The highest BCUT2D eigenvalue weighted by atomic mass is 35.5. The Labute approximate surface area is 181 Å². The molecule has 2 aromatic carbocycles. The van der Waals surface area contributed by atoms with Gasteiger partial charge in [0.15, 0.2) is 0 Å². The number of ketones is 1. The molecule has 1 unspecified atom stereocenters. The van der Waals surface area contributed by atoms with E-state index in [0.29, 0.717) is 29.3 Å². The molecular formula is C23H25ClN2O4. The summed E-state index contributed by atoms with van der Waals surface area (Å²) in [5, 5.41) is 11.5. The van der Waals surface area contributed by atoms with Gasteiger partial charge in [0.05, 0.1) is 18.7 Å². The van der Waals surface area contributed by atoms with Crippen molar-refractivity contribution >= 4 is 29.1 Å². The van der Waals surface area contributed by atoms with E-state index in [0.717, 1.165) is 12.1 Å². The second-order valence-corrected chi connectivity index (χ2v) is 7.87. The minimum atomic E-state index is -0.687. The van der Waals surface area contributed by atoms with E-state index >= 15 is 0 Å². The zero-order valence-corrected chi connectivity index (χ0v) is 18.0. The van der Waals surface area contributed by atoms with Crippen LogP contribution in [0.3, 0.4) is 0 Å². The zero-order valence-electron chi connectivity index (χ0n) is 17.3. The summed E-state index contributed by atoms with van der Waals surface area (Å²) in [5.74, 6) is -0.868. The van der Waals surface area contributed by atoms with Crippen LogP contribution in [-0.2, 0) is 9.59 Å². The molecule has 1 atom stereocenters. The van der Waals surface area contributed by atoms with Gasteiger partial charge < -0.3 is 19.6 Å². The summed E-state index contributed by atoms with van der Waals surface area (Å²) in [6.07, 6.45) is 0.701. The molecule has 30 heavy (non-hydrogen) atoms. The van der Waals surface area contributed by atoms with Gasteiger partial charge in [-0.15, -0.1) is 0 Å². The smallest absolute Gasteiger partial charge is 0.295 e. The molecule has 1 fully saturated rings. The van der Waals surface area contributed by atoms with E-state index in [2.05, 4.69) is 0 Å². The number of Topliss-reactive ketones (excluding diaryl/α,β-unsaturated/α-hetero) is 1. The number of carbonyl (C=O) groups excluding carboxylic acids is 2. The molecule has 1 aliphatic rings. The number of hydrogen-bond acceptors (Lipinski definition) is 5. The Hall–Kier alpha value is -2.83. The third-order valence-electron chi connectivity index (χ3n) is 5.09. The minimum absolute atomic E-state index is 0.0809. The summed E-state index contributed by atoms with van der Waals surface area (Å²) in [4.78, 5) is 29.3. The van der Waals surface area contributed by atoms with E-state index in [-0.39, 0.29) is 11.3 Å². The maximum atomic E-state index is 12.9. The van der Waals surface area contributed by atoms with Gasteiger partial charge in [-0.05, 0) is 69.0 Å². The number of carbonyl (C=O) groups is 2. The third kappa shape index (κ3) is 4.50. The molecule has 158 valence electrons. The molecule has 0 bridgehead atoms. The number of likely N-dealkylation sites (tertiary alicyclic amines) is 1. The van der Waals surface area contributed by atoms with E-state index in [9.17, 15) is 14.7 Å². The first kappa shape index (κ1) is 21.9. The first-order valence-electron chi connectivity index (χ1n) is 9.66. The lowest BCUT2D eigenvalue weighted by atomic mass is 9.95. The summed E-state index contributed by atoms with van der Waals surface area (Å²) < 4.78 is 5.15. The highest BCUT2D eigenvalue weighted by molar-refractivity contribution is 6.46. The van der Waals surface area contributed by atoms with Crippen LogP contribution >= 0.6 is 11.6 Å². The van der Waals surface area contributed by atoms with E-state index in [4.69, 9.17) is 16.3 Å². The molecular weight excluding hydrogens is 404 g/mol. The monoisotopic (exact) mass is 428 g/mol. The number of benzene rings is 2. The van der Waals surface area contributed by atoms with Gasteiger partial charge >= 0.3 is 0 Å². The third-order valence-corrected chi connectivity index (χ3v) is 5.35. The quantitative estimate of drug-likeness (QED) is 0.413. The van der Waals surface area contributed by atoms with E-state index in [1.807, 2.05) is 19.0 Å². The molecule has 0 saturated carbocycles. The van der Waals surface area contributed by atoms with Gasteiger partial charge in [-0.25, -0.2) is 0 Å². The SMILES string of the molecule is COc1ccc(C(O)=C2C(=O)C(=O)N(CCCN(C)C)C2c2ccc(Cl)cc2)cc1. The van der Waals surface area contributed by atoms with Crippen LogP contribution in [0.1, 0.15) is 23.6 Å². The molecule has 2 aromatic rings. The van der Waals surface area contributed by atoms with Crippen LogP contribution in [-0.4, -0.2) is 60.9 Å². The van der Waals surface area contributed by atoms with E-state index in [1.165, 1.54) is 4.90 Å². The number of nitrogens with zero attached hydrogens (tertiary/aromatic N) is 2. The van der Waals surface area contributed by atoms with E-state index in [1.54, 1.807) is 55.6 Å². The average Bonchev–Trinajstić information content (AvgIpc) is 2.98. The Morgan fingerprint density at radius 1 is 1.10 bits per heavy atom. The molecule has 1 aliphatic heterocycles. The number of ether oxygens (including phenoxy) is 1. The number of rotatable bonds is 7. The van der Waals surface area contributed by atoms with Crippen LogP contribution in [0.2, 0.25) is 5.02 Å². The molecule has 6 nitrogen and oxygen atoms in total. The highest BCUT2D eigenvalue weighted by Crippen LogP contribution is 2.39. The van der Waals surface area contributed by atoms with Crippen LogP contribution in [0.15, 0.2) is 54.1 Å². The number of methoxy groups -OCH3 is 1. The number of aliphatic hydroxyl groups excluding tert-OH is 1. The van der Waals surface area contributed by atoms with Crippen LogP contribution in [0.5, 0.6) is 5.75 Å². The van der Waals surface area contributed by atoms with Gasteiger partial charge in [-0.1, -0.05) is 23.7 Å². The Kier molecular flexibility index (Phi) is 6.80. The summed E-state index contributed by atoms with van der Waals surface area (Å²) in [6.45, 7) is 1.17. The fraction of sp³-hybridized carbons (Fsp3) is 0.304. The zero-order chi connectivity index (χ0) is 21.8. The predicted octanol–water partition coefficient (Wildman–Crippen LogP) is 3.72. The lowest BCUT2D eigenvalue weighted by Gasteiger charge is -2.26. The first-order valence-corrected chi connectivity index (χ1v) is 10.0. The van der Waals surface area contributed by atoms with Crippen LogP contribution in [0, 0.1) is 0 Å². The summed E-state index contributed by atoms with van der Waals surface area (Å²) in [5.41, 5.74) is 1.25. The van der Waals surface area contributed by atoms with E-state index < -0.39 is 17.7 Å². The normalized spacial score (nSPS) is 18.3. The van der Waals surface area contributed by atoms with Crippen molar-refractivity contribution in [2.45, 2.75) is 12.5 Å². The second-order valence-electron chi connectivity index (χ2n) is 7.43. The van der Waals surface area contributed by atoms with Crippen molar-refractivity contribution in [3.8, 4) is 5.75 Å². The molecule has 0 spiro atoms. The van der Waals surface area contributed by atoms with Crippen molar-refractivity contribution in [3.63, 3.8) is 0 Å². The van der Waals surface area contributed by atoms with Crippen LogP contribution in [0.25, 0.3) is 5.76 Å². The largest absolute Gasteiger partial charge is 0.507 e. The first-order chi connectivity index (χ1) is 14.3. The van der Waals surface area contributed by atoms with Crippen LogP contribution < -0.4 is 4.74 Å². The average molecular weight is 429 g/mol. The Bertz CT molecular complexity index is 952. The Morgan fingerprint density at radius 2 is 1.73 bits per heavy atom. The summed E-state index contributed by atoms with van der Waals surface area (Å²) in [7, 11) is 5.46. The topological polar surface area (TPSA) is 70.1 Å². The maximum absolute atomic E-state index is 12.9. The number of amides is 1. The van der Waals surface area contributed by atoms with Gasteiger partial charge in [-0.3, -0.25) is 9.59 Å². The van der Waals surface area contributed by atoms with Crippen molar-refractivity contribution in [2.75, 3.05) is 34.3 Å². The highest BCUT2D eigenvalue weighted by Gasteiger charge is 2.45. The van der Waals surface area contributed by atoms with Gasteiger partial charge in [0.1, 0.15) is 11.5 Å². The molecule has 1 heterocycles. The van der Waals surface area contributed by atoms with Crippen molar-refractivity contribution in [1.82, 2.24) is 9.80 Å². The molecule has 0 aromatic heterocycles. The molecule has 1 amide bonds. The fourth-order valence-corrected chi connectivity index (χ4v) is 3.69. The van der Waals surface area contributed by atoms with Crippen molar-refractivity contribution in [3.05, 3.63) is 70.3 Å². The maximum Gasteiger partial charge on any atom is 0.295 e. The van der Waals surface area contributed by atoms with Crippen molar-refractivity contribution in [2.24, 2.45) is 0 Å². The van der Waals surface area contributed by atoms with Gasteiger partial charge in [0.25, 0.3) is 11.7 Å². The lowest BCUT2D eigenvalue weighted by molar-refractivity contribution is -0.139. The summed E-state index contributed by atoms with van der Waals surface area (Å²) >= 11 is 6.03. The van der Waals surface area contributed by atoms with Crippen LogP contribution in [0.4, 0.5) is 0 Å². The molecule has 1 N–H and O–H groups in total. The fourth-order valence-electron chi connectivity index (χ4n) is 3.56. The molecule has 0 aliphatic carbocycles. The van der Waals surface area contributed by atoms with Gasteiger partial charge in [-0.2, -0.15) is 0 Å². The molecule has 7 heteroatoms. The molecule has 0 radical (unpaired) electrons. The Balaban J connectivity index is 2.06. The molecule has 1 saturated heterocycles. The minimum Gasteiger partial charge on any atom is -0.507 e. The van der Waals surface area contributed by atoms with Gasteiger partial charge in [0.2, 0.25) is 0 Å². The lowest BCUT2D eigenvalue weighted by Crippen LogP contribution is -2.32. The number of halogens is 1. The van der Waals surface area contributed by atoms with Crippen molar-refractivity contribution < 1.29 is 19.4 Å². The molecule has 3 rings (SSSR count). The Morgan fingerprint density at radius 3 is 2.30 bits per heavy atom. The predicted molar refractivity (Wildman–Crippen MR) is 117 cm³/mol. The second kappa shape index (κ2) is 9.32. The van der Waals surface area contributed by atoms with Crippen molar-refractivity contribution in [1.29, 1.82) is 0 Å². The number of aliphatic hydroxyl groups is 1. The number of hydrogen-bond donors (Lipinski definition) is 1.